The molecule has 3 atom stereocenters. The van der Waals surface area contributed by atoms with Crippen molar-refractivity contribution in [1.29, 1.82) is 0 Å². The molecule has 0 aliphatic carbocycles. The molecule has 0 radical (unpaired) electrons. The van der Waals surface area contributed by atoms with Crippen molar-refractivity contribution in [2.75, 3.05) is 51.6 Å². The number of carbonyl (C=O) groups is 2. The van der Waals surface area contributed by atoms with Crippen LogP contribution in [0.25, 0.3) is 32.9 Å². The van der Waals surface area contributed by atoms with Crippen LogP contribution in [-0.4, -0.2) is 108 Å². The maximum atomic E-state index is 17.3. The minimum absolute atomic E-state index is 0.0437. The number of benzene rings is 2. The summed E-state index contributed by atoms with van der Waals surface area (Å²) in [5.41, 5.74) is 1.31. The lowest BCUT2D eigenvalue weighted by Gasteiger charge is -2.42. The zero-order valence-corrected chi connectivity index (χ0v) is 32.0. The van der Waals surface area contributed by atoms with E-state index in [-0.39, 0.29) is 48.2 Å². The zero-order chi connectivity index (χ0) is 38.0. The number of likely N-dealkylation sites (tertiary alicyclic amines) is 1. The van der Waals surface area contributed by atoms with E-state index in [0.717, 1.165) is 74.2 Å². The Kier molecular flexibility index (Phi) is 11.2. The normalized spacial score (nSPS) is 20.2. The molecule has 0 spiro atoms. The van der Waals surface area contributed by atoms with E-state index in [9.17, 15) is 9.59 Å². The van der Waals surface area contributed by atoms with Crippen molar-refractivity contribution in [3.05, 3.63) is 47.9 Å². The maximum Gasteiger partial charge on any atom is 0.410 e. The molecule has 4 aromatic rings. The quantitative estimate of drug-likeness (QED) is 0.0805. The lowest BCUT2D eigenvalue weighted by Crippen LogP contribution is -2.57. The van der Waals surface area contributed by atoms with Crippen LogP contribution in [0.2, 0.25) is 0 Å². The number of methoxy groups -OCH3 is 1. The van der Waals surface area contributed by atoms with Crippen LogP contribution < -0.4 is 14.4 Å². The third kappa shape index (κ3) is 7.79. The van der Waals surface area contributed by atoms with Crippen molar-refractivity contribution >= 4 is 39.9 Å². The highest BCUT2D eigenvalue weighted by Gasteiger charge is 2.45. The molecule has 2 aromatic carbocycles. The molecule has 3 saturated heterocycles. The Hall–Kier alpha value is -4.62. The molecule has 3 aliphatic rings. The smallest absolute Gasteiger partial charge is 0.410 e. The number of piperazine rings is 1. The fraction of sp³-hybridized carbons (Fsp3) is 0.537. The summed E-state index contributed by atoms with van der Waals surface area (Å²) in [5, 5.41) is 2.27. The number of fused-ring (bicyclic) bond motifs is 4. The number of carbonyl (C=O) groups excluding carboxylic acids is 2. The first-order valence-corrected chi connectivity index (χ1v) is 19.2. The van der Waals surface area contributed by atoms with Crippen molar-refractivity contribution in [2.45, 2.75) is 96.4 Å². The Morgan fingerprint density at radius 2 is 1.87 bits per heavy atom. The number of aryl methyl sites for hydroxylation is 1. The molecule has 54 heavy (non-hydrogen) atoms. The predicted octanol–water partition coefficient (Wildman–Crippen LogP) is 6.94. The van der Waals surface area contributed by atoms with Crippen LogP contribution in [0.5, 0.6) is 11.8 Å². The van der Waals surface area contributed by atoms with Crippen molar-refractivity contribution in [3.63, 3.8) is 0 Å². The minimum Gasteiger partial charge on any atom is -0.468 e. The molecule has 288 valence electrons. The van der Waals surface area contributed by atoms with Crippen LogP contribution >= 0.6 is 0 Å². The molecule has 0 saturated carbocycles. The van der Waals surface area contributed by atoms with Gasteiger partial charge < -0.3 is 28.6 Å². The van der Waals surface area contributed by atoms with Gasteiger partial charge in [-0.2, -0.15) is 9.97 Å². The van der Waals surface area contributed by atoms with E-state index >= 15 is 4.39 Å². The van der Waals surface area contributed by atoms with Gasteiger partial charge in [-0.3, -0.25) is 14.8 Å². The first-order chi connectivity index (χ1) is 26.1. The van der Waals surface area contributed by atoms with E-state index in [4.69, 9.17) is 33.9 Å². The number of rotatable bonds is 13. The SMILES string of the molecule is CCc1cccc2cc(OCOC)cc(-c3ncc4c(N5CC6CCC(C5)N6C(=O)OC(C)(C)C)nc(OC[C@@H]5CCCN5CCCC=O)nc4c3F)c12. The molecule has 5 heterocycles. The number of amides is 1. The fourth-order valence-corrected chi connectivity index (χ4v) is 8.30. The first-order valence-electron chi connectivity index (χ1n) is 19.2. The maximum absolute atomic E-state index is 17.3. The molecule has 1 amide bonds. The van der Waals surface area contributed by atoms with E-state index in [1.807, 2.05) is 56.0 Å². The molecule has 3 aliphatic heterocycles. The molecular weight excluding hydrogens is 691 g/mol. The number of pyridine rings is 1. The molecule has 3 fully saturated rings. The monoisotopic (exact) mass is 742 g/mol. The van der Waals surface area contributed by atoms with Crippen LogP contribution in [0.3, 0.4) is 0 Å². The Balaban J connectivity index is 1.29. The van der Waals surface area contributed by atoms with Gasteiger partial charge in [-0.25, -0.2) is 9.18 Å². The van der Waals surface area contributed by atoms with Gasteiger partial charge in [-0.15, -0.1) is 0 Å². The topological polar surface area (TPSA) is 119 Å². The summed E-state index contributed by atoms with van der Waals surface area (Å²) < 4.78 is 40.5. The minimum atomic E-state index is -0.605. The molecule has 7 rings (SSSR count). The predicted molar refractivity (Wildman–Crippen MR) is 205 cm³/mol. The van der Waals surface area contributed by atoms with Crippen LogP contribution in [-0.2, 0) is 20.7 Å². The molecule has 2 unspecified atom stereocenters. The summed E-state index contributed by atoms with van der Waals surface area (Å²) in [6.07, 6.45) is 8.02. The van der Waals surface area contributed by atoms with Crippen LogP contribution in [0.1, 0.15) is 71.8 Å². The number of nitrogens with zero attached hydrogens (tertiary/aromatic N) is 6. The van der Waals surface area contributed by atoms with Gasteiger partial charge in [0, 0.05) is 44.4 Å². The Bertz CT molecular complexity index is 1990. The van der Waals surface area contributed by atoms with Gasteiger partial charge in [-0.05, 0) is 101 Å². The lowest BCUT2D eigenvalue weighted by atomic mass is 9.95. The van der Waals surface area contributed by atoms with Crippen LogP contribution in [0.15, 0.2) is 36.5 Å². The summed E-state index contributed by atoms with van der Waals surface area (Å²) in [6, 6.07) is 9.81. The third-order valence-electron chi connectivity index (χ3n) is 10.7. The van der Waals surface area contributed by atoms with E-state index in [1.165, 1.54) is 0 Å². The highest BCUT2D eigenvalue weighted by molar-refractivity contribution is 6.01. The third-order valence-corrected chi connectivity index (χ3v) is 10.7. The number of hydrogen-bond donors (Lipinski definition) is 0. The van der Waals surface area contributed by atoms with Crippen molar-refractivity contribution in [3.8, 4) is 23.0 Å². The lowest BCUT2D eigenvalue weighted by molar-refractivity contribution is -0.108. The second-order valence-corrected chi connectivity index (χ2v) is 15.5. The highest BCUT2D eigenvalue weighted by Crippen LogP contribution is 2.40. The van der Waals surface area contributed by atoms with Gasteiger partial charge in [0.25, 0.3) is 0 Å². The molecule has 13 heteroatoms. The highest BCUT2D eigenvalue weighted by atomic mass is 19.1. The van der Waals surface area contributed by atoms with Gasteiger partial charge >= 0.3 is 12.1 Å². The van der Waals surface area contributed by atoms with E-state index in [2.05, 4.69) is 16.7 Å². The Morgan fingerprint density at radius 3 is 2.59 bits per heavy atom. The second kappa shape index (κ2) is 16.0. The van der Waals surface area contributed by atoms with Gasteiger partial charge in [-0.1, -0.05) is 25.1 Å². The number of aldehydes is 1. The molecule has 0 N–H and O–H groups in total. The average molecular weight is 743 g/mol. The second-order valence-electron chi connectivity index (χ2n) is 15.5. The van der Waals surface area contributed by atoms with Crippen molar-refractivity contribution in [1.82, 2.24) is 24.8 Å². The van der Waals surface area contributed by atoms with E-state index in [1.54, 1.807) is 13.3 Å². The molecular formula is C41H51FN6O6. The molecule has 2 aromatic heterocycles. The average Bonchev–Trinajstić information content (AvgIpc) is 3.72. The largest absolute Gasteiger partial charge is 0.468 e. The summed E-state index contributed by atoms with van der Waals surface area (Å²) in [5.74, 6) is 0.483. The number of halogens is 1. The summed E-state index contributed by atoms with van der Waals surface area (Å²) in [7, 11) is 1.56. The number of aromatic nitrogens is 3. The van der Waals surface area contributed by atoms with Gasteiger partial charge in [0.15, 0.2) is 12.6 Å². The molecule has 12 nitrogen and oxygen atoms in total. The van der Waals surface area contributed by atoms with Gasteiger partial charge in [0.1, 0.15) is 41.3 Å². The number of unbranched alkanes of at least 4 members (excludes halogenated alkanes) is 1. The Labute approximate surface area is 315 Å². The number of hydrogen-bond acceptors (Lipinski definition) is 11. The van der Waals surface area contributed by atoms with Crippen molar-refractivity contribution < 1.29 is 32.9 Å². The Morgan fingerprint density at radius 1 is 1.07 bits per heavy atom. The van der Waals surface area contributed by atoms with Crippen LogP contribution in [0, 0.1) is 5.82 Å². The standard InChI is InChI=1S/C41H51FN6O6/c1-6-26-11-9-12-27-19-31(53-25-51-5)20-32(34(26)27)36-35(42)37-33(21-43-36)38(45-39(44-37)52-24-30-13-10-17-46(30)16-7-8-18-49)47-22-28-14-15-29(23-47)48(28)40(50)54-41(2,3)4/h9,11-12,18-21,28-30H,6-8,10,13-17,22-25H2,1-5H3/t28?,29?,30-/m0/s1. The number of anilines is 1. The van der Waals surface area contributed by atoms with Gasteiger partial charge in [0.2, 0.25) is 0 Å². The summed E-state index contributed by atoms with van der Waals surface area (Å²) >= 11 is 0. The van der Waals surface area contributed by atoms with Crippen LogP contribution in [0.4, 0.5) is 15.0 Å². The van der Waals surface area contributed by atoms with Gasteiger partial charge in [0.05, 0.1) is 17.5 Å². The summed E-state index contributed by atoms with van der Waals surface area (Å²) in [6.45, 7) is 10.8. The summed E-state index contributed by atoms with van der Waals surface area (Å²) in [4.78, 5) is 45.0. The van der Waals surface area contributed by atoms with E-state index < -0.39 is 11.4 Å². The van der Waals surface area contributed by atoms with Crippen molar-refractivity contribution in [2.24, 2.45) is 0 Å². The zero-order valence-electron chi connectivity index (χ0n) is 32.0. The molecule has 2 bridgehead atoms. The fourth-order valence-electron chi connectivity index (χ4n) is 8.30. The number of ether oxygens (including phenoxy) is 4. The first kappa shape index (κ1) is 37.7. The van der Waals surface area contributed by atoms with E-state index in [0.29, 0.717) is 48.6 Å².